The van der Waals surface area contributed by atoms with E-state index in [0.29, 0.717) is 28.5 Å². The van der Waals surface area contributed by atoms with Gasteiger partial charge in [-0.1, -0.05) is 18.2 Å². The topological polar surface area (TPSA) is 97.6 Å². The Hall–Kier alpha value is -3.66. The van der Waals surface area contributed by atoms with Crippen molar-refractivity contribution >= 4 is 27.2 Å². The molecule has 2 aromatic carbocycles. The van der Waals surface area contributed by atoms with Gasteiger partial charge in [0.25, 0.3) is 0 Å². The summed E-state index contributed by atoms with van der Waals surface area (Å²) in [5, 5.41) is 11.4. The summed E-state index contributed by atoms with van der Waals surface area (Å²) < 4.78 is 46.4. The molecule has 0 radical (unpaired) electrons. The number of hydrogen-bond acceptors (Lipinski definition) is 6. The fourth-order valence-electron chi connectivity index (χ4n) is 3.29. The second-order valence-electron chi connectivity index (χ2n) is 6.88. The Labute approximate surface area is 178 Å². The predicted molar refractivity (Wildman–Crippen MR) is 117 cm³/mol. The van der Waals surface area contributed by atoms with Crippen molar-refractivity contribution < 1.29 is 17.5 Å². The van der Waals surface area contributed by atoms with Gasteiger partial charge in [0.15, 0.2) is 5.65 Å². The number of hydrogen-bond donors (Lipinski definition) is 2. The summed E-state index contributed by atoms with van der Waals surface area (Å²) in [5.74, 6) is 0.794. The predicted octanol–water partition coefficient (Wildman–Crippen LogP) is 3.53. The number of sulfonamides is 1. The minimum atomic E-state index is -3.34. The number of rotatable bonds is 7. The van der Waals surface area contributed by atoms with E-state index in [1.807, 2.05) is 12.1 Å². The fraction of sp³-hybridized carbons (Fsp3) is 0.143. The Morgan fingerprint density at radius 3 is 2.58 bits per heavy atom. The second-order valence-corrected chi connectivity index (χ2v) is 8.63. The summed E-state index contributed by atoms with van der Waals surface area (Å²) in [7, 11) is -1.84. The van der Waals surface area contributed by atoms with Crippen LogP contribution in [-0.4, -0.2) is 36.4 Å². The van der Waals surface area contributed by atoms with Crippen LogP contribution in [0.5, 0.6) is 5.75 Å². The standard InChI is InChI=1S/C21H20FN5O3S/c1-30-19-5-3-4-18(22)17(19)12-23-20-11-10-16(21-25-24-13-27(20)21)14-6-8-15(9-7-14)26-31(2,28)29/h3-11,13,23,26H,12H2,1-2H3. The first kappa shape index (κ1) is 20.6. The number of methoxy groups -OCH3 is 1. The first-order chi connectivity index (χ1) is 14.9. The number of benzene rings is 2. The number of nitrogens with one attached hydrogen (secondary N) is 2. The molecule has 0 amide bonds. The van der Waals surface area contributed by atoms with Crippen molar-refractivity contribution in [1.29, 1.82) is 0 Å². The molecule has 4 rings (SSSR count). The van der Waals surface area contributed by atoms with Crippen LogP contribution in [0.25, 0.3) is 16.8 Å². The number of anilines is 2. The maximum Gasteiger partial charge on any atom is 0.229 e. The van der Waals surface area contributed by atoms with Gasteiger partial charge < -0.3 is 10.1 Å². The van der Waals surface area contributed by atoms with Gasteiger partial charge in [-0.3, -0.25) is 9.12 Å². The minimum absolute atomic E-state index is 0.217. The second kappa shape index (κ2) is 8.23. The van der Waals surface area contributed by atoms with Gasteiger partial charge in [-0.25, -0.2) is 12.8 Å². The van der Waals surface area contributed by atoms with E-state index >= 15 is 0 Å². The number of ether oxygens (including phenoxy) is 1. The van der Waals surface area contributed by atoms with Gasteiger partial charge in [0.2, 0.25) is 10.0 Å². The van der Waals surface area contributed by atoms with E-state index in [2.05, 4.69) is 20.2 Å². The van der Waals surface area contributed by atoms with Crippen molar-refractivity contribution in [2.45, 2.75) is 6.54 Å². The number of aromatic nitrogens is 3. The van der Waals surface area contributed by atoms with E-state index in [1.54, 1.807) is 47.1 Å². The van der Waals surface area contributed by atoms with Gasteiger partial charge in [0.1, 0.15) is 23.7 Å². The number of nitrogens with zero attached hydrogens (tertiary/aromatic N) is 3. The Balaban J connectivity index is 1.62. The number of pyridine rings is 1. The summed E-state index contributed by atoms with van der Waals surface area (Å²) in [5.41, 5.74) is 3.16. The quantitative estimate of drug-likeness (QED) is 0.455. The summed E-state index contributed by atoms with van der Waals surface area (Å²) in [6.45, 7) is 0.217. The van der Waals surface area contributed by atoms with Crippen LogP contribution in [0.4, 0.5) is 15.9 Å². The molecule has 0 spiro atoms. The minimum Gasteiger partial charge on any atom is -0.496 e. The Kier molecular flexibility index (Phi) is 5.47. The van der Waals surface area contributed by atoms with E-state index in [9.17, 15) is 12.8 Å². The van der Waals surface area contributed by atoms with Crippen molar-refractivity contribution in [2.24, 2.45) is 0 Å². The first-order valence-electron chi connectivity index (χ1n) is 9.32. The van der Waals surface area contributed by atoms with Gasteiger partial charge in [-0.15, -0.1) is 10.2 Å². The molecular weight excluding hydrogens is 421 g/mol. The highest BCUT2D eigenvalue weighted by Gasteiger charge is 2.13. The third kappa shape index (κ3) is 4.43. The summed E-state index contributed by atoms with van der Waals surface area (Å²) in [6.07, 6.45) is 2.67. The molecule has 2 heterocycles. The fourth-order valence-corrected chi connectivity index (χ4v) is 3.86. The zero-order chi connectivity index (χ0) is 22.0. The van der Waals surface area contributed by atoms with E-state index in [4.69, 9.17) is 4.74 Å². The lowest BCUT2D eigenvalue weighted by Gasteiger charge is -2.14. The van der Waals surface area contributed by atoms with Crippen molar-refractivity contribution in [1.82, 2.24) is 14.6 Å². The molecule has 0 aliphatic heterocycles. The van der Waals surface area contributed by atoms with Gasteiger partial charge in [0, 0.05) is 23.4 Å². The highest BCUT2D eigenvalue weighted by atomic mass is 32.2. The molecule has 0 saturated carbocycles. The zero-order valence-corrected chi connectivity index (χ0v) is 17.6. The van der Waals surface area contributed by atoms with Gasteiger partial charge in [0.05, 0.1) is 13.4 Å². The summed E-state index contributed by atoms with van der Waals surface area (Å²) in [6, 6.07) is 15.4. The van der Waals surface area contributed by atoms with Gasteiger partial charge >= 0.3 is 0 Å². The van der Waals surface area contributed by atoms with Crippen LogP contribution in [0, 0.1) is 5.82 Å². The highest BCUT2D eigenvalue weighted by Crippen LogP contribution is 2.28. The maximum atomic E-state index is 14.2. The monoisotopic (exact) mass is 441 g/mol. The Morgan fingerprint density at radius 1 is 1.10 bits per heavy atom. The van der Waals surface area contributed by atoms with E-state index in [-0.39, 0.29) is 12.4 Å². The molecule has 0 unspecified atom stereocenters. The number of halogens is 1. The van der Waals surface area contributed by atoms with Crippen LogP contribution >= 0.6 is 0 Å². The highest BCUT2D eigenvalue weighted by molar-refractivity contribution is 7.92. The molecule has 0 aliphatic rings. The van der Waals surface area contributed by atoms with Gasteiger partial charge in [-0.2, -0.15) is 0 Å². The van der Waals surface area contributed by atoms with Crippen LogP contribution in [0.15, 0.2) is 60.9 Å². The van der Waals surface area contributed by atoms with Crippen LogP contribution in [0.1, 0.15) is 5.56 Å². The van der Waals surface area contributed by atoms with Crippen molar-refractivity contribution in [3.05, 3.63) is 72.3 Å². The van der Waals surface area contributed by atoms with Crippen LogP contribution < -0.4 is 14.8 Å². The van der Waals surface area contributed by atoms with Crippen molar-refractivity contribution in [3.63, 3.8) is 0 Å². The Morgan fingerprint density at radius 2 is 1.87 bits per heavy atom. The zero-order valence-electron chi connectivity index (χ0n) is 16.8. The lowest BCUT2D eigenvalue weighted by atomic mass is 10.1. The molecule has 2 aromatic heterocycles. The molecule has 31 heavy (non-hydrogen) atoms. The largest absolute Gasteiger partial charge is 0.496 e. The average Bonchev–Trinajstić information content (AvgIpc) is 3.22. The van der Waals surface area contributed by atoms with Crippen LogP contribution in [0.2, 0.25) is 0 Å². The molecule has 0 fully saturated rings. The third-order valence-corrected chi connectivity index (χ3v) is 5.30. The molecule has 160 valence electrons. The molecule has 2 N–H and O–H groups in total. The van der Waals surface area contributed by atoms with E-state index in [0.717, 1.165) is 17.4 Å². The lowest BCUT2D eigenvalue weighted by molar-refractivity contribution is 0.405. The van der Waals surface area contributed by atoms with Crippen LogP contribution in [0.3, 0.4) is 0 Å². The van der Waals surface area contributed by atoms with Crippen LogP contribution in [-0.2, 0) is 16.6 Å². The first-order valence-corrected chi connectivity index (χ1v) is 11.2. The summed E-state index contributed by atoms with van der Waals surface area (Å²) in [4.78, 5) is 0. The normalized spacial score (nSPS) is 11.5. The maximum absolute atomic E-state index is 14.2. The van der Waals surface area contributed by atoms with Crippen molar-refractivity contribution in [3.8, 4) is 16.9 Å². The molecule has 10 heteroatoms. The molecular formula is C21H20FN5O3S. The van der Waals surface area contributed by atoms with Gasteiger partial charge in [-0.05, 0) is 42.0 Å². The molecule has 0 saturated heterocycles. The van der Waals surface area contributed by atoms with Crippen molar-refractivity contribution in [2.75, 3.05) is 23.4 Å². The summed E-state index contributed by atoms with van der Waals surface area (Å²) >= 11 is 0. The molecule has 8 nitrogen and oxygen atoms in total. The Bertz CT molecular complexity index is 1340. The molecule has 4 aromatic rings. The van der Waals surface area contributed by atoms with E-state index in [1.165, 1.54) is 13.2 Å². The molecule has 0 aliphatic carbocycles. The lowest BCUT2D eigenvalue weighted by Crippen LogP contribution is -2.09. The average molecular weight is 441 g/mol. The SMILES string of the molecule is COc1cccc(F)c1CNc1ccc(-c2ccc(NS(C)(=O)=O)cc2)c2nncn12. The molecule has 0 bridgehead atoms. The molecule has 0 atom stereocenters. The smallest absolute Gasteiger partial charge is 0.229 e. The third-order valence-electron chi connectivity index (χ3n) is 4.70. The number of fused-ring (bicyclic) bond motifs is 1. The van der Waals surface area contributed by atoms with E-state index < -0.39 is 10.0 Å².